The summed E-state index contributed by atoms with van der Waals surface area (Å²) in [6.07, 6.45) is 2.44. The van der Waals surface area contributed by atoms with Crippen LogP contribution in [0.1, 0.15) is 18.4 Å². The standard InChI is InChI=1S/C16H24N2O3/c1-20-12-21-14-7-9-18(10-8-14)16(19)15(17)11-13-5-3-2-4-6-13/h2-6,14-15H,7-12,17H2,1H3. The number of nitrogens with two attached hydrogens (primary N) is 1. The Balaban J connectivity index is 1.78. The van der Waals surface area contributed by atoms with E-state index in [4.69, 9.17) is 15.2 Å². The maximum absolute atomic E-state index is 12.4. The highest BCUT2D eigenvalue weighted by Gasteiger charge is 2.26. The van der Waals surface area contributed by atoms with Gasteiger partial charge in [-0.2, -0.15) is 0 Å². The summed E-state index contributed by atoms with van der Waals surface area (Å²) >= 11 is 0. The number of nitrogens with zero attached hydrogens (tertiary/aromatic N) is 1. The first-order valence-electron chi connectivity index (χ1n) is 7.39. The first-order valence-corrected chi connectivity index (χ1v) is 7.39. The number of hydrogen-bond acceptors (Lipinski definition) is 4. The van der Waals surface area contributed by atoms with Crippen molar-refractivity contribution in [2.24, 2.45) is 5.73 Å². The fraction of sp³-hybridized carbons (Fsp3) is 0.562. The first kappa shape index (κ1) is 15.9. The van der Waals surface area contributed by atoms with Gasteiger partial charge in [0.25, 0.3) is 0 Å². The normalized spacial score (nSPS) is 17.7. The van der Waals surface area contributed by atoms with Crippen LogP contribution in [-0.4, -0.2) is 49.9 Å². The van der Waals surface area contributed by atoms with Crippen LogP contribution < -0.4 is 5.73 Å². The second kappa shape index (κ2) is 8.12. The van der Waals surface area contributed by atoms with E-state index in [2.05, 4.69) is 0 Å². The average Bonchev–Trinajstić information content (AvgIpc) is 2.53. The molecule has 1 aliphatic heterocycles. The minimum atomic E-state index is -0.469. The molecule has 1 saturated heterocycles. The van der Waals surface area contributed by atoms with E-state index >= 15 is 0 Å². The van der Waals surface area contributed by atoms with E-state index < -0.39 is 6.04 Å². The molecule has 5 nitrogen and oxygen atoms in total. The highest BCUT2D eigenvalue weighted by molar-refractivity contribution is 5.82. The lowest BCUT2D eigenvalue weighted by atomic mass is 10.0. The minimum absolute atomic E-state index is 0.0315. The van der Waals surface area contributed by atoms with Gasteiger partial charge in [-0.15, -0.1) is 0 Å². The molecule has 1 aromatic carbocycles. The predicted molar refractivity (Wildman–Crippen MR) is 80.7 cm³/mol. The monoisotopic (exact) mass is 292 g/mol. The molecule has 0 aromatic heterocycles. The van der Waals surface area contributed by atoms with Crippen LogP contribution in [0.25, 0.3) is 0 Å². The van der Waals surface area contributed by atoms with Gasteiger partial charge in [-0.25, -0.2) is 0 Å². The minimum Gasteiger partial charge on any atom is -0.359 e. The lowest BCUT2D eigenvalue weighted by molar-refractivity contribution is -0.137. The van der Waals surface area contributed by atoms with E-state index in [1.54, 1.807) is 7.11 Å². The van der Waals surface area contributed by atoms with Crippen molar-refractivity contribution in [1.82, 2.24) is 4.90 Å². The molecule has 0 saturated carbocycles. The van der Waals surface area contributed by atoms with Crippen LogP contribution in [0.15, 0.2) is 30.3 Å². The molecule has 0 aliphatic carbocycles. The molecule has 5 heteroatoms. The number of benzene rings is 1. The van der Waals surface area contributed by atoms with Gasteiger partial charge in [0.1, 0.15) is 6.79 Å². The van der Waals surface area contributed by atoms with E-state index in [1.165, 1.54) is 0 Å². The van der Waals surface area contributed by atoms with E-state index in [9.17, 15) is 4.79 Å². The van der Waals surface area contributed by atoms with Gasteiger partial charge < -0.3 is 20.1 Å². The fourth-order valence-corrected chi connectivity index (χ4v) is 2.60. The Morgan fingerprint density at radius 2 is 2.00 bits per heavy atom. The zero-order chi connectivity index (χ0) is 15.1. The summed E-state index contributed by atoms with van der Waals surface area (Å²) in [6.45, 7) is 1.72. The Kier molecular flexibility index (Phi) is 6.17. The molecular weight excluding hydrogens is 268 g/mol. The molecule has 1 heterocycles. The third-order valence-electron chi connectivity index (χ3n) is 3.79. The Morgan fingerprint density at radius 1 is 1.33 bits per heavy atom. The van der Waals surface area contributed by atoms with Gasteiger partial charge in [0.2, 0.25) is 5.91 Å². The molecule has 21 heavy (non-hydrogen) atoms. The quantitative estimate of drug-likeness (QED) is 0.799. The summed E-state index contributed by atoms with van der Waals surface area (Å²) in [5, 5.41) is 0. The van der Waals surface area contributed by atoms with Gasteiger partial charge in [-0.1, -0.05) is 30.3 Å². The number of hydrogen-bond donors (Lipinski definition) is 1. The second-order valence-corrected chi connectivity index (χ2v) is 5.39. The van der Waals surface area contributed by atoms with Crippen LogP contribution in [0.3, 0.4) is 0 Å². The predicted octanol–water partition coefficient (Wildman–Crippen LogP) is 1.17. The third kappa shape index (κ3) is 4.81. The molecule has 1 aromatic rings. The van der Waals surface area contributed by atoms with E-state index in [-0.39, 0.29) is 12.0 Å². The Labute approximate surface area is 126 Å². The summed E-state index contributed by atoms with van der Waals surface area (Å²) in [5.41, 5.74) is 7.15. The maximum atomic E-state index is 12.4. The van der Waals surface area contributed by atoms with Crippen molar-refractivity contribution in [3.63, 3.8) is 0 Å². The van der Waals surface area contributed by atoms with Crippen molar-refractivity contribution in [3.8, 4) is 0 Å². The average molecular weight is 292 g/mol. The van der Waals surface area contributed by atoms with Gasteiger partial charge in [-0.05, 0) is 24.8 Å². The second-order valence-electron chi connectivity index (χ2n) is 5.39. The smallest absolute Gasteiger partial charge is 0.239 e. The van der Waals surface area contributed by atoms with Crippen molar-refractivity contribution in [3.05, 3.63) is 35.9 Å². The number of amides is 1. The van der Waals surface area contributed by atoms with Crippen LogP contribution in [0.4, 0.5) is 0 Å². The van der Waals surface area contributed by atoms with Gasteiger partial charge in [0, 0.05) is 20.2 Å². The van der Waals surface area contributed by atoms with Crippen molar-refractivity contribution < 1.29 is 14.3 Å². The zero-order valence-electron chi connectivity index (χ0n) is 12.5. The number of ether oxygens (including phenoxy) is 2. The molecule has 0 spiro atoms. The molecule has 116 valence electrons. The van der Waals surface area contributed by atoms with E-state index in [0.717, 1.165) is 18.4 Å². The number of likely N-dealkylation sites (tertiary alicyclic amines) is 1. The summed E-state index contributed by atoms with van der Waals surface area (Å²) in [7, 11) is 1.61. The topological polar surface area (TPSA) is 64.8 Å². The summed E-state index contributed by atoms with van der Waals surface area (Å²) in [4.78, 5) is 14.2. The Morgan fingerprint density at radius 3 is 2.62 bits per heavy atom. The van der Waals surface area contributed by atoms with Crippen LogP contribution in [0.2, 0.25) is 0 Å². The molecule has 1 atom stereocenters. The highest BCUT2D eigenvalue weighted by Crippen LogP contribution is 2.15. The van der Waals surface area contributed by atoms with Gasteiger partial charge >= 0.3 is 0 Å². The highest BCUT2D eigenvalue weighted by atomic mass is 16.7. The summed E-state index contributed by atoms with van der Waals surface area (Å²) in [6, 6.07) is 9.41. The molecule has 1 amide bonds. The molecule has 2 N–H and O–H groups in total. The van der Waals surface area contributed by atoms with Crippen LogP contribution in [-0.2, 0) is 20.7 Å². The number of piperidine rings is 1. The molecular formula is C16H24N2O3. The molecule has 0 bridgehead atoms. The number of methoxy groups -OCH3 is 1. The molecule has 1 aliphatic rings. The van der Waals surface area contributed by atoms with Gasteiger partial charge in [0.05, 0.1) is 12.1 Å². The summed E-state index contributed by atoms with van der Waals surface area (Å²) in [5.74, 6) is 0.0315. The van der Waals surface area contributed by atoms with Gasteiger partial charge in [-0.3, -0.25) is 4.79 Å². The lowest BCUT2D eigenvalue weighted by Crippen LogP contribution is -2.49. The fourth-order valence-electron chi connectivity index (χ4n) is 2.60. The van der Waals surface area contributed by atoms with Crippen molar-refractivity contribution in [1.29, 1.82) is 0 Å². The number of rotatable bonds is 6. The SMILES string of the molecule is COCOC1CCN(C(=O)C(N)Cc2ccccc2)CC1. The molecule has 1 fully saturated rings. The largest absolute Gasteiger partial charge is 0.359 e. The van der Waals surface area contributed by atoms with E-state index in [0.29, 0.717) is 26.3 Å². The van der Waals surface area contributed by atoms with Crippen molar-refractivity contribution in [2.75, 3.05) is 27.0 Å². The molecule has 1 unspecified atom stereocenters. The lowest BCUT2D eigenvalue weighted by Gasteiger charge is -2.33. The van der Waals surface area contributed by atoms with E-state index in [1.807, 2.05) is 35.2 Å². The third-order valence-corrected chi connectivity index (χ3v) is 3.79. The van der Waals surface area contributed by atoms with Gasteiger partial charge in [0.15, 0.2) is 0 Å². The van der Waals surface area contributed by atoms with Crippen LogP contribution >= 0.6 is 0 Å². The molecule has 2 rings (SSSR count). The molecule has 0 radical (unpaired) electrons. The van der Waals surface area contributed by atoms with Crippen LogP contribution in [0, 0.1) is 0 Å². The Bertz CT molecular complexity index is 430. The number of carbonyl (C=O) groups excluding carboxylic acids is 1. The maximum Gasteiger partial charge on any atom is 0.239 e. The van der Waals surface area contributed by atoms with Crippen molar-refractivity contribution in [2.45, 2.75) is 31.4 Å². The number of carbonyl (C=O) groups is 1. The summed E-state index contributed by atoms with van der Waals surface area (Å²) < 4.78 is 10.4. The Hall–Kier alpha value is -1.43. The zero-order valence-corrected chi connectivity index (χ0v) is 12.5. The van der Waals surface area contributed by atoms with Crippen molar-refractivity contribution >= 4 is 5.91 Å². The van der Waals surface area contributed by atoms with Crippen LogP contribution in [0.5, 0.6) is 0 Å². The first-order chi connectivity index (χ1) is 10.2.